The normalized spacial score (nSPS) is 17.5. The van der Waals surface area contributed by atoms with Gasteiger partial charge in [0, 0.05) is 0 Å². The van der Waals surface area contributed by atoms with Gasteiger partial charge in [0.15, 0.2) is 11.5 Å². The molecule has 1 aromatic rings. The molecule has 0 aliphatic heterocycles. The van der Waals surface area contributed by atoms with Crippen LogP contribution in [0.4, 0.5) is 0 Å². The molecule has 0 bridgehead atoms. The van der Waals surface area contributed by atoms with Crippen molar-refractivity contribution in [3.05, 3.63) is 29.3 Å². The van der Waals surface area contributed by atoms with E-state index < -0.39 is 0 Å². The Morgan fingerprint density at radius 3 is 2.68 bits per heavy atom. The van der Waals surface area contributed by atoms with Crippen LogP contribution >= 0.6 is 0 Å². The van der Waals surface area contributed by atoms with Gasteiger partial charge in [-0.05, 0) is 42.0 Å². The maximum absolute atomic E-state index is 9.58. The molecule has 0 radical (unpaired) electrons. The molecule has 19 heavy (non-hydrogen) atoms. The molecule has 1 aromatic carbocycles. The average molecular weight is 262 g/mol. The van der Waals surface area contributed by atoms with Crippen molar-refractivity contribution in [1.29, 1.82) is 0 Å². The lowest BCUT2D eigenvalue weighted by Gasteiger charge is -2.23. The number of aromatic hydroxyl groups is 1. The lowest BCUT2D eigenvalue weighted by atomic mass is 9.83. The molecule has 0 unspecified atom stereocenters. The second-order valence-electron chi connectivity index (χ2n) is 5.14. The number of phenols is 1. The third kappa shape index (κ3) is 3.51. The zero-order chi connectivity index (χ0) is 13.7. The fraction of sp³-hybridized carbons (Fsp3) is 0.500. The molecule has 3 heteroatoms. The number of hydrogen-bond acceptors (Lipinski definition) is 3. The predicted octanol–water partition coefficient (Wildman–Crippen LogP) is 3.36. The summed E-state index contributed by atoms with van der Waals surface area (Å²) in [6.07, 6.45) is 8.17. The zero-order valence-corrected chi connectivity index (χ0v) is 11.4. The molecular formula is C16H22O3. The quantitative estimate of drug-likeness (QED) is 0.874. The number of ether oxygens (including phenoxy) is 1. The van der Waals surface area contributed by atoms with Crippen molar-refractivity contribution < 1.29 is 14.9 Å². The summed E-state index contributed by atoms with van der Waals surface area (Å²) in [5.41, 5.74) is 2.05. The van der Waals surface area contributed by atoms with E-state index in [0.29, 0.717) is 11.7 Å². The van der Waals surface area contributed by atoms with Crippen molar-refractivity contribution in [3.63, 3.8) is 0 Å². The maximum atomic E-state index is 9.58. The van der Waals surface area contributed by atoms with Crippen LogP contribution in [-0.4, -0.2) is 23.9 Å². The van der Waals surface area contributed by atoms with Crippen molar-refractivity contribution in [3.8, 4) is 11.5 Å². The van der Waals surface area contributed by atoms with Crippen LogP contribution in [0, 0.1) is 5.92 Å². The largest absolute Gasteiger partial charge is 0.504 e. The number of benzene rings is 1. The number of phenolic OH excluding ortho intramolecular Hbond substituents is 1. The molecule has 2 rings (SSSR count). The standard InChI is InChI=1S/C16H22O3/c1-19-16-10-12(7-8-15(16)18)9-14(11-17)13-5-3-2-4-6-13/h7-10,13,17-18H,2-6,11H2,1H3. The number of methoxy groups -OCH3 is 1. The Morgan fingerprint density at radius 2 is 2.05 bits per heavy atom. The van der Waals surface area contributed by atoms with Gasteiger partial charge in [-0.25, -0.2) is 0 Å². The van der Waals surface area contributed by atoms with E-state index in [-0.39, 0.29) is 12.4 Å². The van der Waals surface area contributed by atoms with Gasteiger partial charge >= 0.3 is 0 Å². The molecule has 1 fully saturated rings. The summed E-state index contributed by atoms with van der Waals surface area (Å²) in [6.45, 7) is 0.105. The van der Waals surface area contributed by atoms with Crippen molar-refractivity contribution in [2.24, 2.45) is 5.92 Å². The van der Waals surface area contributed by atoms with Crippen LogP contribution < -0.4 is 4.74 Å². The minimum absolute atomic E-state index is 0.105. The Labute approximate surface area is 114 Å². The Balaban J connectivity index is 2.21. The molecular weight excluding hydrogens is 240 g/mol. The van der Waals surface area contributed by atoms with Gasteiger partial charge in [0.1, 0.15) is 0 Å². The van der Waals surface area contributed by atoms with E-state index in [1.165, 1.54) is 39.2 Å². The van der Waals surface area contributed by atoms with Gasteiger partial charge in [-0.1, -0.05) is 31.4 Å². The number of aliphatic hydroxyl groups excluding tert-OH is 1. The molecule has 1 saturated carbocycles. The highest BCUT2D eigenvalue weighted by Gasteiger charge is 2.17. The first-order valence-corrected chi connectivity index (χ1v) is 6.93. The van der Waals surface area contributed by atoms with Crippen LogP contribution in [0.1, 0.15) is 37.7 Å². The molecule has 0 heterocycles. The molecule has 2 N–H and O–H groups in total. The fourth-order valence-corrected chi connectivity index (χ4v) is 2.76. The zero-order valence-electron chi connectivity index (χ0n) is 11.4. The number of aliphatic hydroxyl groups is 1. The van der Waals surface area contributed by atoms with E-state index in [4.69, 9.17) is 4.74 Å². The fourth-order valence-electron chi connectivity index (χ4n) is 2.76. The molecule has 1 aliphatic rings. The lowest BCUT2D eigenvalue weighted by Crippen LogP contribution is -2.11. The minimum Gasteiger partial charge on any atom is -0.504 e. The monoisotopic (exact) mass is 262 g/mol. The molecule has 3 nitrogen and oxygen atoms in total. The predicted molar refractivity (Wildman–Crippen MR) is 76.3 cm³/mol. The Bertz CT molecular complexity index is 445. The average Bonchev–Trinajstić information content (AvgIpc) is 2.47. The van der Waals surface area contributed by atoms with Gasteiger partial charge in [0.2, 0.25) is 0 Å². The second kappa shape index (κ2) is 6.62. The van der Waals surface area contributed by atoms with Gasteiger partial charge in [-0.3, -0.25) is 0 Å². The summed E-state index contributed by atoms with van der Waals surface area (Å²) >= 11 is 0. The second-order valence-corrected chi connectivity index (χ2v) is 5.14. The van der Waals surface area contributed by atoms with Crippen molar-refractivity contribution >= 4 is 6.08 Å². The maximum Gasteiger partial charge on any atom is 0.161 e. The molecule has 0 aromatic heterocycles. The van der Waals surface area contributed by atoms with Crippen LogP contribution in [0.3, 0.4) is 0 Å². The summed E-state index contributed by atoms with van der Waals surface area (Å²) in [5.74, 6) is 1.11. The molecule has 0 saturated heterocycles. The first-order valence-electron chi connectivity index (χ1n) is 6.93. The van der Waals surface area contributed by atoms with Crippen LogP contribution in [0.5, 0.6) is 11.5 Å². The van der Waals surface area contributed by atoms with Crippen LogP contribution in [-0.2, 0) is 0 Å². The SMILES string of the molecule is COc1cc(C=C(CO)C2CCCCC2)ccc1O. The topological polar surface area (TPSA) is 49.7 Å². The Morgan fingerprint density at radius 1 is 1.32 bits per heavy atom. The summed E-state index contributed by atoms with van der Waals surface area (Å²) in [6, 6.07) is 5.27. The third-order valence-corrected chi connectivity index (χ3v) is 3.87. The Hall–Kier alpha value is -1.48. The summed E-state index contributed by atoms with van der Waals surface area (Å²) < 4.78 is 5.10. The van der Waals surface area contributed by atoms with Crippen LogP contribution in [0.15, 0.2) is 23.8 Å². The summed E-state index contributed by atoms with van der Waals surface area (Å²) in [4.78, 5) is 0. The summed E-state index contributed by atoms with van der Waals surface area (Å²) in [7, 11) is 1.54. The van der Waals surface area contributed by atoms with E-state index in [1.54, 1.807) is 12.1 Å². The van der Waals surface area contributed by atoms with Crippen LogP contribution in [0.25, 0.3) is 6.08 Å². The molecule has 104 valence electrons. The molecule has 0 spiro atoms. The van der Waals surface area contributed by atoms with E-state index in [1.807, 2.05) is 12.1 Å². The highest BCUT2D eigenvalue weighted by Crippen LogP contribution is 2.32. The van der Waals surface area contributed by atoms with Gasteiger partial charge in [0.25, 0.3) is 0 Å². The van der Waals surface area contributed by atoms with Gasteiger partial charge in [-0.15, -0.1) is 0 Å². The molecule has 0 atom stereocenters. The highest BCUT2D eigenvalue weighted by molar-refractivity contribution is 5.58. The van der Waals surface area contributed by atoms with Crippen molar-refractivity contribution in [1.82, 2.24) is 0 Å². The van der Waals surface area contributed by atoms with Crippen molar-refractivity contribution in [2.45, 2.75) is 32.1 Å². The van der Waals surface area contributed by atoms with Crippen LogP contribution in [0.2, 0.25) is 0 Å². The first kappa shape index (κ1) is 13.9. The summed E-state index contributed by atoms with van der Waals surface area (Å²) in [5, 5.41) is 19.2. The highest BCUT2D eigenvalue weighted by atomic mass is 16.5. The van der Waals surface area contributed by atoms with E-state index >= 15 is 0 Å². The third-order valence-electron chi connectivity index (χ3n) is 3.87. The van der Waals surface area contributed by atoms with Gasteiger partial charge in [0.05, 0.1) is 13.7 Å². The van der Waals surface area contributed by atoms with Gasteiger partial charge in [-0.2, -0.15) is 0 Å². The number of hydrogen-bond donors (Lipinski definition) is 2. The first-order chi connectivity index (χ1) is 9.24. The van der Waals surface area contributed by atoms with E-state index in [0.717, 1.165) is 11.1 Å². The minimum atomic E-state index is 0.105. The van der Waals surface area contributed by atoms with Crippen molar-refractivity contribution in [2.75, 3.05) is 13.7 Å². The molecule has 1 aliphatic carbocycles. The lowest BCUT2D eigenvalue weighted by molar-refractivity contribution is 0.295. The number of rotatable bonds is 4. The molecule has 0 amide bonds. The van der Waals surface area contributed by atoms with E-state index in [9.17, 15) is 10.2 Å². The van der Waals surface area contributed by atoms with Gasteiger partial charge < -0.3 is 14.9 Å². The Kier molecular flexibility index (Phi) is 4.86. The van der Waals surface area contributed by atoms with E-state index in [2.05, 4.69) is 0 Å². The smallest absolute Gasteiger partial charge is 0.161 e.